The lowest BCUT2D eigenvalue weighted by Crippen LogP contribution is -2.61. The third kappa shape index (κ3) is 3.64. The summed E-state index contributed by atoms with van der Waals surface area (Å²) in [5.41, 5.74) is 2.55. The Hall–Kier alpha value is -1.01. The van der Waals surface area contributed by atoms with Crippen molar-refractivity contribution in [1.82, 2.24) is 20.2 Å². The summed E-state index contributed by atoms with van der Waals surface area (Å²) >= 11 is 1.71. The van der Waals surface area contributed by atoms with Crippen molar-refractivity contribution in [3.8, 4) is 10.7 Å². The Labute approximate surface area is 154 Å². The van der Waals surface area contributed by atoms with Gasteiger partial charge in [0.1, 0.15) is 5.01 Å². The Kier molecular flexibility index (Phi) is 5.87. The highest BCUT2D eigenvalue weighted by Gasteiger charge is 2.39. The Morgan fingerprint density at radius 1 is 1.21 bits per heavy atom. The van der Waals surface area contributed by atoms with E-state index in [0.29, 0.717) is 5.54 Å². The number of rotatable bonds is 3. The molecule has 4 nitrogen and oxygen atoms in total. The second-order valence-electron chi connectivity index (χ2n) is 6.74. The van der Waals surface area contributed by atoms with E-state index in [1.165, 1.54) is 37.8 Å². The molecule has 1 aliphatic heterocycles. The van der Waals surface area contributed by atoms with E-state index >= 15 is 0 Å². The van der Waals surface area contributed by atoms with Crippen LogP contribution in [0.15, 0.2) is 29.8 Å². The lowest BCUT2D eigenvalue weighted by atomic mass is 9.79. The highest BCUT2D eigenvalue weighted by molar-refractivity contribution is 7.13. The first-order valence-corrected chi connectivity index (χ1v) is 9.55. The number of halogens is 1. The molecule has 4 rings (SSSR count). The molecule has 0 unspecified atom stereocenters. The molecule has 3 heterocycles. The number of nitrogens with zero attached hydrogens (tertiary/aromatic N) is 3. The average Bonchev–Trinajstić information content (AvgIpc) is 3.07. The number of thiazole rings is 1. The van der Waals surface area contributed by atoms with E-state index in [1.54, 1.807) is 11.3 Å². The summed E-state index contributed by atoms with van der Waals surface area (Å²) < 4.78 is 0. The monoisotopic (exact) mass is 364 g/mol. The van der Waals surface area contributed by atoms with Crippen LogP contribution in [0.2, 0.25) is 0 Å². The average molecular weight is 365 g/mol. The molecule has 0 amide bonds. The molecule has 0 aromatic carbocycles. The Bertz CT molecular complexity index is 631. The molecule has 1 N–H and O–H groups in total. The van der Waals surface area contributed by atoms with Crippen molar-refractivity contribution < 1.29 is 0 Å². The quantitative estimate of drug-likeness (QED) is 0.900. The van der Waals surface area contributed by atoms with Gasteiger partial charge in [0.2, 0.25) is 0 Å². The number of piperazine rings is 1. The minimum absolute atomic E-state index is 0. The Morgan fingerprint density at radius 3 is 2.88 bits per heavy atom. The number of hydrogen-bond acceptors (Lipinski definition) is 5. The van der Waals surface area contributed by atoms with Gasteiger partial charge in [0.25, 0.3) is 0 Å². The standard InChI is InChI=1S/C18H24N4S.ClH/c1-3-7-18(8-4-1)14-19-10-11-22(18)12-15-13-23-17(21-15)16-6-2-5-9-20-16;/h2,5-6,9,13,19H,1,3-4,7-8,10-12,14H2;1H. The van der Waals surface area contributed by atoms with Crippen LogP contribution < -0.4 is 5.32 Å². The zero-order valence-corrected chi connectivity index (χ0v) is 15.5. The molecular formula is C18H25ClN4S. The third-order valence-corrected chi connectivity index (χ3v) is 6.17. The topological polar surface area (TPSA) is 41.1 Å². The first kappa shape index (κ1) is 17.8. The molecule has 1 saturated carbocycles. The van der Waals surface area contributed by atoms with Crippen molar-refractivity contribution in [2.45, 2.75) is 44.2 Å². The number of hydrogen-bond donors (Lipinski definition) is 1. The molecule has 0 bridgehead atoms. The third-order valence-electron chi connectivity index (χ3n) is 5.26. The number of nitrogens with one attached hydrogen (secondary N) is 1. The summed E-state index contributed by atoms with van der Waals surface area (Å²) in [6.07, 6.45) is 8.64. The van der Waals surface area contributed by atoms with Crippen LogP contribution in [-0.4, -0.2) is 40.0 Å². The fraction of sp³-hybridized carbons (Fsp3) is 0.556. The SMILES string of the molecule is Cl.c1ccc(-c2nc(CN3CCNCC34CCCCC4)cs2)nc1. The summed E-state index contributed by atoms with van der Waals surface area (Å²) in [4.78, 5) is 12.0. The predicted octanol–water partition coefficient (Wildman–Crippen LogP) is 3.74. The molecule has 1 aliphatic carbocycles. The molecule has 0 atom stereocenters. The van der Waals surface area contributed by atoms with Crippen LogP contribution in [-0.2, 0) is 6.54 Å². The molecule has 2 fully saturated rings. The maximum Gasteiger partial charge on any atom is 0.142 e. The summed E-state index contributed by atoms with van der Waals surface area (Å²) in [7, 11) is 0. The molecule has 130 valence electrons. The molecule has 1 saturated heterocycles. The van der Waals surface area contributed by atoms with Crippen LogP contribution in [0.1, 0.15) is 37.8 Å². The van der Waals surface area contributed by atoms with E-state index in [9.17, 15) is 0 Å². The zero-order valence-electron chi connectivity index (χ0n) is 13.9. The second-order valence-corrected chi connectivity index (χ2v) is 7.60. The van der Waals surface area contributed by atoms with Gasteiger partial charge in [0, 0.05) is 43.3 Å². The molecule has 2 aromatic heterocycles. The van der Waals surface area contributed by atoms with Gasteiger partial charge in [-0.3, -0.25) is 9.88 Å². The van der Waals surface area contributed by atoms with Crippen molar-refractivity contribution in [3.05, 3.63) is 35.5 Å². The molecule has 2 aliphatic rings. The van der Waals surface area contributed by atoms with Crippen molar-refractivity contribution in [3.63, 3.8) is 0 Å². The van der Waals surface area contributed by atoms with Gasteiger partial charge in [-0.1, -0.05) is 25.3 Å². The van der Waals surface area contributed by atoms with E-state index in [0.717, 1.165) is 36.9 Å². The van der Waals surface area contributed by atoms with E-state index in [1.807, 2.05) is 24.4 Å². The van der Waals surface area contributed by atoms with Gasteiger partial charge in [-0.15, -0.1) is 23.7 Å². The van der Waals surface area contributed by atoms with Crippen LogP contribution in [0.25, 0.3) is 10.7 Å². The number of aromatic nitrogens is 2. The van der Waals surface area contributed by atoms with Crippen molar-refractivity contribution in [2.75, 3.05) is 19.6 Å². The van der Waals surface area contributed by atoms with Gasteiger partial charge >= 0.3 is 0 Å². The fourth-order valence-corrected chi connectivity index (χ4v) is 4.80. The molecule has 1 spiro atoms. The Balaban J connectivity index is 0.00000169. The predicted molar refractivity (Wildman–Crippen MR) is 102 cm³/mol. The molecule has 0 radical (unpaired) electrons. The van der Waals surface area contributed by atoms with Gasteiger partial charge in [0.15, 0.2) is 0 Å². The zero-order chi connectivity index (χ0) is 15.5. The van der Waals surface area contributed by atoms with Crippen molar-refractivity contribution in [2.24, 2.45) is 0 Å². The van der Waals surface area contributed by atoms with Gasteiger partial charge < -0.3 is 5.32 Å². The minimum Gasteiger partial charge on any atom is -0.314 e. The van der Waals surface area contributed by atoms with Crippen molar-refractivity contribution in [1.29, 1.82) is 0 Å². The first-order valence-electron chi connectivity index (χ1n) is 8.67. The van der Waals surface area contributed by atoms with Crippen LogP contribution in [0.4, 0.5) is 0 Å². The lowest BCUT2D eigenvalue weighted by Gasteiger charge is -2.49. The van der Waals surface area contributed by atoms with E-state index in [2.05, 4.69) is 20.6 Å². The second kappa shape index (κ2) is 7.91. The van der Waals surface area contributed by atoms with E-state index in [4.69, 9.17) is 4.98 Å². The fourth-order valence-electron chi connectivity index (χ4n) is 4.02. The highest BCUT2D eigenvalue weighted by atomic mass is 35.5. The van der Waals surface area contributed by atoms with E-state index in [-0.39, 0.29) is 12.4 Å². The number of pyridine rings is 1. The smallest absolute Gasteiger partial charge is 0.142 e. The van der Waals surface area contributed by atoms with Gasteiger partial charge in [-0.25, -0.2) is 4.98 Å². The van der Waals surface area contributed by atoms with E-state index < -0.39 is 0 Å². The van der Waals surface area contributed by atoms with Crippen LogP contribution in [0.5, 0.6) is 0 Å². The summed E-state index contributed by atoms with van der Waals surface area (Å²) in [5.74, 6) is 0. The lowest BCUT2D eigenvalue weighted by molar-refractivity contribution is 0.0201. The minimum atomic E-state index is 0. The first-order chi connectivity index (χ1) is 11.4. The normalized spacial score (nSPS) is 20.7. The van der Waals surface area contributed by atoms with Crippen LogP contribution in [0, 0.1) is 0 Å². The molecule has 6 heteroatoms. The molecule has 24 heavy (non-hydrogen) atoms. The van der Waals surface area contributed by atoms with Gasteiger partial charge in [-0.2, -0.15) is 0 Å². The molecule has 2 aromatic rings. The summed E-state index contributed by atoms with van der Waals surface area (Å²) in [6.45, 7) is 4.35. The Morgan fingerprint density at radius 2 is 2.08 bits per heavy atom. The largest absolute Gasteiger partial charge is 0.314 e. The van der Waals surface area contributed by atoms with Crippen LogP contribution in [0.3, 0.4) is 0 Å². The summed E-state index contributed by atoms with van der Waals surface area (Å²) in [5, 5.41) is 6.87. The molecular weight excluding hydrogens is 340 g/mol. The van der Waals surface area contributed by atoms with Gasteiger partial charge in [-0.05, 0) is 25.0 Å². The van der Waals surface area contributed by atoms with Crippen LogP contribution >= 0.6 is 23.7 Å². The summed E-state index contributed by atoms with van der Waals surface area (Å²) in [6, 6.07) is 6.01. The maximum atomic E-state index is 4.85. The van der Waals surface area contributed by atoms with Gasteiger partial charge in [0.05, 0.1) is 11.4 Å². The van der Waals surface area contributed by atoms with Crippen molar-refractivity contribution >= 4 is 23.7 Å². The maximum absolute atomic E-state index is 4.85. The highest BCUT2D eigenvalue weighted by Crippen LogP contribution is 2.35.